The highest BCUT2D eigenvalue weighted by Gasteiger charge is 2.31. The number of alkyl halides is 1. The zero-order chi connectivity index (χ0) is 13.7. The summed E-state index contributed by atoms with van der Waals surface area (Å²) < 4.78 is 26.3. The zero-order valence-electron chi connectivity index (χ0n) is 11.7. The Hall–Kier alpha value is 0.200. The molecule has 0 aliphatic carbocycles. The van der Waals surface area contributed by atoms with Gasteiger partial charge in [-0.3, -0.25) is 0 Å². The average molecular weight is 284 g/mol. The molecular formula is C12H26ClNO2S. The van der Waals surface area contributed by atoms with E-state index in [-0.39, 0.29) is 17.2 Å². The zero-order valence-corrected chi connectivity index (χ0v) is 13.2. The van der Waals surface area contributed by atoms with Gasteiger partial charge in [-0.15, -0.1) is 11.6 Å². The molecule has 0 aromatic heterocycles. The molecule has 0 bridgehead atoms. The molecule has 5 heteroatoms. The number of rotatable bonds is 7. The van der Waals surface area contributed by atoms with Gasteiger partial charge in [0.05, 0.1) is 5.75 Å². The number of halogens is 1. The summed E-state index contributed by atoms with van der Waals surface area (Å²) in [4.78, 5) is 0. The Balaban J connectivity index is 5.03. The second kappa shape index (κ2) is 6.95. The lowest BCUT2D eigenvalue weighted by Crippen LogP contribution is -2.44. The Morgan fingerprint density at radius 2 is 1.65 bits per heavy atom. The van der Waals surface area contributed by atoms with E-state index in [1.165, 1.54) is 0 Å². The SMILES string of the molecule is CCC(CC)N(CCCl)S(=O)(=O)CC(C)(C)C. The van der Waals surface area contributed by atoms with Crippen LogP contribution >= 0.6 is 11.6 Å². The molecule has 0 rings (SSSR count). The maximum Gasteiger partial charge on any atom is 0.214 e. The number of hydrogen-bond donors (Lipinski definition) is 0. The molecule has 0 aliphatic heterocycles. The smallest absolute Gasteiger partial charge is 0.212 e. The van der Waals surface area contributed by atoms with Crippen LogP contribution in [0.4, 0.5) is 0 Å². The molecule has 3 nitrogen and oxygen atoms in total. The topological polar surface area (TPSA) is 37.4 Å². The third-order valence-electron chi connectivity index (χ3n) is 2.63. The van der Waals surface area contributed by atoms with Crippen LogP contribution in [-0.4, -0.2) is 36.9 Å². The van der Waals surface area contributed by atoms with E-state index in [9.17, 15) is 8.42 Å². The maximum absolute atomic E-state index is 12.4. The van der Waals surface area contributed by atoms with E-state index in [1.807, 2.05) is 34.6 Å². The Bertz CT molecular complexity index is 305. The van der Waals surface area contributed by atoms with Gasteiger partial charge in [-0.05, 0) is 18.3 Å². The van der Waals surface area contributed by atoms with Crippen LogP contribution in [0.5, 0.6) is 0 Å². The summed E-state index contributed by atoms with van der Waals surface area (Å²) in [6.07, 6.45) is 1.66. The monoisotopic (exact) mass is 283 g/mol. The molecule has 0 fully saturated rings. The number of sulfonamides is 1. The molecule has 0 saturated heterocycles. The Morgan fingerprint density at radius 1 is 1.18 bits per heavy atom. The standard InChI is InChI=1S/C12H26ClNO2S/c1-6-11(7-2)14(9-8-13)17(15,16)10-12(3,4)5/h11H,6-10H2,1-5H3. The highest BCUT2D eigenvalue weighted by Crippen LogP contribution is 2.22. The van der Waals surface area contributed by atoms with E-state index in [2.05, 4.69) is 0 Å². The number of nitrogens with zero attached hydrogens (tertiary/aromatic N) is 1. The predicted molar refractivity (Wildman–Crippen MR) is 75.0 cm³/mol. The molecule has 0 N–H and O–H groups in total. The number of hydrogen-bond acceptors (Lipinski definition) is 2. The first-order chi connectivity index (χ1) is 7.68. The molecule has 0 atom stereocenters. The van der Waals surface area contributed by atoms with Crippen molar-refractivity contribution >= 4 is 21.6 Å². The van der Waals surface area contributed by atoms with Gasteiger partial charge in [-0.2, -0.15) is 4.31 Å². The summed E-state index contributed by atoms with van der Waals surface area (Å²) in [6.45, 7) is 10.3. The van der Waals surface area contributed by atoms with E-state index >= 15 is 0 Å². The van der Waals surface area contributed by atoms with Gasteiger partial charge in [0.25, 0.3) is 0 Å². The highest BCUT2D eigenvalue weighted by molar-refractivity contribution is 7.89. The molecular weight excluding hydrogens is 258 g/mol. The van der Waals surface area contributed by atoms with Crippen molar-refractivity contribution in [2.24, 2.45) is 5.41 Å². The molecule has 0 heterocycles. The molecule has 0 aromatic rings. The van der Waals surface area contributed by atoms with Gasteiger partial charge in [0.2, 0.25) is 10.0 Å². The summed E-state index contributed by atoms with van der Waals surface area (Å²) in [5, 5.41) is 0. The van der Waals surface area contributed by atoms with Crippen molar-refractivity contribution in [3.63, 3.8) is 0 Å². The Kier molecular flexibility index (Phi) is 7.04. The van der Waals surface area contributed by atoms with E-state index in [1.54, 1.807) is 4.31 Å². The van der Waals surface area contributed by atoms with Crippen molar-refractivity contribution in [2.45, 2.75) is 53.5 Å². The maximum atomic E-state index is 12.4. The van der Waals surface area contributed by atoms with Gasteiger partial charge in [-0.1, -0.05) is 34.6 Å². The lowest BCUT2D eigenvalue weighted by molar-refractivity contribution is 0.309. The quantitative estimate of drug-likeness (QED) is 0.673. The van der Waals surface area contributed by atoms with Crippen molar-refractivity contribution in [1.29, 1.82) is 0 Å². The van der Waals surface area contributed by atoms with Crippen molar-refractivity contribution in [3.05, 3.63) is 0 Å². The fourth-order valence-electron chi connectivity index (χ4n) is 1.96. The molecule has 0 spiro atoms. The van der Waals surface area contributed by atoms with E-state index in [0.29, 0.717) is 12.4 Å². The second-order valence-electron chi connectivity index (χ2n) is 5.59. The van der Waals surface area contributed by atoms with Crippen LogP contribution in [0.3, 0.4) is 0 Å². The van der Waals surface area contributed by atoms with Crippen LogP contribution < -0.4 is 0 Å². The van der Waals surface area contributed by atoms with Gasteiger partial charge in [-0.25, -0.2) is 8.42 Å². The van der Waals surface area contributed by atoms with Crippen LogP contribution in [0.25, 0.3) is 0 Å². The van der Waals surface area contributed by atoms with Gasteiger partial charge in [0.1, 0.15) is 0 Å². The van der Waals surface area contributed by atoms with Crippen molar-refractivity contribution in [2.75, 3.05) is 18.2 Å². The lowest BCUT2D eigenvalue weighted by atomic mass is 10.0. The Labute approximate surface area is 112 Å². The lowest BCUT2D eigenvalue weighted by Gasteiger charge is -2.31. The van der Waals surface area contributed by atoms with Crippen molar-refractivity contribution in [1.82, 2.24) is 4.31 Å². The van der Waals surface area contributed by atoms with Gasteiger partial charge < -0.3 is 0 Å². The minimum Gasteiger partial charge on any atom is -0.212 e. The molecule has 104 valence electrons. The minimum atomic E-state index is -3.22. The molecule has 0 unspecified atom stereocenters. The largest absolute Gasteiger partial charge is 0.214 e. The third kappa shape index (κ3) is 6.07. The van der Waals surface area contributed by atoms with Crippen molar-refractivity contribution < 1.29 is 8.42 Å². The van der Waals surface area contributed by atoms with E-state index < -0.39 is 10.0 Å². The van der Waals surface area contributed by atoms with Crippen LogP contribution in [0.15, 0.2) is 0 Å². The molecule has 0 saturated carbocycles. The first kappa shape index (κ1) is 17.2. The molecule has 17 heavy (non-hydrogen) atoms. The second-order valence-corrected chi connectivity index (χ2v) is 7.89. The predicted octanol–water partition coefficient (Wildman–Crippen LogP) is 3.09. The first-order valence-corrected chi connectivity index (χ1v) is 8.37. The van der Waals surface area contributed by atoms with E-state index in [4.69, 9.17) is 11.6 Å². The summed E-state index contributed by atoms with van der Waals surface area (Å²) in [5.74, 6) is 0.521. The van der Waals surface area contributed by atoms with Crippen LogP contribution in [0.2, 0.25) is 0 Å². The first-order valence-electron chi connectivity index (χ1n) is 6.23. The summed E-state index contributed by atoms with van der Waals surface area (Å²) in [5.41, 5.74) is -0.227. The summed E-state index contributed by atoms with van der Waals surface area (Å²) >= 11 is 5.73. The molecule has 0 aromatic carbocycles. The fourth-order valence-corrected chi connectivity index (χ4v) is 4.62. The van der Waals surface area contributed by atoms with Gasteiger partial charge >= 0.3 is 0 Å². The van der Waals surface area contributed by atoms with Crippen LogP contribution in [-0.2, 0) is 10.0 Å². The van der Waals surface area contributed by atoms with Crippen LogP contribution in [0, 0.1) is 5.41 Å². The average Bonchev–Trinajstić information content (AvgIpc) is 2.14. The summed E-state index contributed by atoms with van der Waals surface area (Å²) in [7, 11) is -3.22. The molecule has 0 radical (unpaired) electrons. The Morgan fingerprint density at radius 3 is 1.94 bits per heavy atom. The highest BCUT2D eigenvalue weighted by atomic mass is 35.5. The van der Waals surface area contributed by atoms with Gasteiger partial charge in [0.15, 0.2) is 0 Å². The normalized spacial score (nSPS) is 13.6. The van der Waals surface area contributed by atoms with Crippen LogP contribution in [0.1, 0.15) is 47.5 Å². The minimum absolute atomic E-state index is 0.0705. The molecule has 0 amide bonds. The third-order valence-corrected chi connectivity index (χ3v) is 5.22. The van der Waals surface area contributed by atoms with Crippen molar-refractivity contribution in [3.8, 4) is 0 Å². The fraction of sp³-hybridized carbons (Fsp3) is 1.00. The summed E-state index contributed by atoms with van der Waals surface area (Å²) in [6, 6.07) is 0.0705. The van der Waals surface area contributed by atoms with E-state index in [0.717, 1.165) is 12.8 Å². The molecule has 0 aliphatic rings. The van der Waals surface area contributed by atoms with Gasteiger partial charge in [0, 0.05) is 18.5 Å².